The molecule has 1 atom stereocenters. The predicted molar refractivity (Wildman–Crippen MR) is 95.2 cm³/mol. The van der Waals surface area contributed by atoms with Crippen molar-refractivity contribution in [3.05, 3.63) is 29.3 Å². The summed E-state index contributed by atoms with van der Waals surface area (Å²) < 4.78 is 5.28. The summed E-state index contributed by atoms with van der Waals surface area (Å²) in [5, 5.41) is 2.96. The van der Waals surface area contributed by atoms with Gasteiger partial charge >= 0.3 is 0 Å². The van der Waals surface area contributed by atoms with Gasteiger partial charge in [-0.3, -0.25) is 14.5 Å². The summed E-state index contributed by atoms with van der Waals surface area (Å²) in [6.07, 6.45) is 1.71. The summed E-state index contributed by atoms with van der Waals surface area (Å²) in [7, 11) is 0. The molecule has 0 spiro atoms. The molecule has 24 heavy (non-hydrogen) atoms. The minimum atomic E-state index is -0.831. The van der Waals surface area contributed by atoms with E-state index in [4.69, 9.17) is 4.74 Å². The lowest BCUT2D eigenvalue weighted by Gasteiger charge is -2.35. The van der Waals surface area contributed by atoms with Gasteiger partial charge in [-0.05, 0) is 52.2 Å². The zero-order valence-corrected chi connectivity index (χ0v) is 15.1. The quantitative estimate of drug-likeness (QED) is 0.781. The first-order chi connectivity index (χ1) is 11.4. The Bertz CT molecular complexity index is 615. The molecule has 132 valence electrons. The summed E-state index contributed by atoms with van der Waals surface area (Å²) in [5.41, 5.74) is 2.16. The lowest BCUT2D eigenvalue weighted by Crippen LogP contribution is -2.55. The highest BCUT2D eigenvalue weighted by Gasteiger charge is 2.48. The number of carbonyl (C=O) groups is 2. The Morgan fingerprint density at radius 3 is 2.79 bits per heavy atom. The number of nitrogens with zero attached hydrogens (tertiary/aromatic N) is 1. The third kappa shape index (κ3) is 3.78. The van der Waals surface area contributed by atoms with Gasteiger partial charge < -0.3 is 10.1 Å². The van der Waals surface area contributed by atoms with Crippen LogP contribution in [0.15, 0.2) is 18.2 Å². The van der Waals surface area contributed by atoms with Crippen molar-refractivity contribution < 1.29 is 14.3 Å². The molecule has 1 fully saturated rings. The van der Waals surface area contributed by atoms with Gasteiger partial charge in [-0.2, -0.15) is 0 Å². The number of benzene rings is 1. The van der Waals surface area contributed by atoms with Gasteiger partial charge in [0.15, 0.2) is 0 Å². The fourth-order valence-corrected chi connectivity index (χ4v) is 3.23. The van der Waals surface area contributed by atoms with Crippen molar-refractivity contribution in [1.29, 1.82) is 0 Å². The molecule has 5 heteroatoms. The average Bonchev–Trinajstić information content (AvgIpc) is 2.84. The van der Waals surface area contributed by atoms with Gasteiger partial charge in [0.25, 0.3) is 0 Å². The maximum Gasteiger partial charge on any atom is 0.246 e. The first kappa shape index (κ1) is 18.5. The molecule has 1 aliphatic rings. The van der Waals surface area contributed by atoms with Crippen LogP contribution in [-0.4, -0.2) is 37.1 Å². The van der Waals surface area contributed by atoms with E-state index in [0.29, 0.717) is 32.6 Å². The molecule has 0 aliphatic carbocycles. The molecule has 2 rings (SSSR count). The first-order valence-corrected chi connectivity index (χ1v) is 8.66. The van der Waals surface area contributed by atoms with Crippen molar-refractivity contribution in [2.75, 3.05) is 24.7 Å². The molecule has 1 aromatic rings. The number of ether oxygens (including phenoxy) is 1. The molecule has 1 N–H and O–H groups in total. The third-order valence-electron chi connectivity index (χ3n) is 4.61. The number of rotatable bonds is 7. The molecule has 0 bridgehead atoms. The first-order valence-electron chi connectivity index (χ1n) is 8.66. The number of hydrogen-bond acceptors (Lipinski definition) is 3. The van der Waals surface area contributed by atoms with E-state index in [0.717, 1.165) is 23.2 Å². The van der Waals surface area contributed by atoms with Crippen LogP contribution in [0.25, 0.3) is 0 Å². The molecule has 0 aromatic heterocycles. The van der Waals surface area contributed by atoms with E-state index in [-0.39, 0.29) is 11.8 Å². The summed E-state index contributed by atoms with van der Waals surface area (Å²) in [4.78, 5) is 26.9. The number of nitrogens with one attached hydrogen (secondary N) is 1. The Morgan fingerprint density at radius 2 is 2.12 bits per heavy atom. The zero-order valence-electron chi connectivity index (χ0n) is 15.1. The van der Waals surface area contributed by atoms with Gasteiger partial charge in [-0.25, -0.2) is 0 Å². The number of aryl methyl sites for hydroxylation is 2. The monoisotopic (exact) mass is 332 g/mol. The highest BCUT2D eigenvalue weighted by atomic mass is 16.5. The van der Waals surface area contributed by atoms with Gasteiger partial charge in [0, 0.05) is 31.9 Å². The van der Waals surface area contributed by atoms with E-state index in [1.807, 2.05) is 45.9 Å². The maximum atomic E-state index is 12.8. The van der Waals surface area contributed by atoms with Crippen molar-refractivity contribution in [3.8, 4) is 0 Å². The number of amides is 2. The van der Waals surface area contributed by atoms with E-state index >= 15 is 0 Å². The van der Waals surface area contributed by atoms with Gasteiger partial charge in [0.2, 0.25) is 11.8 Å². The van der Waals surface area contributed by atoms with Crippen molar-refractivity contribution >= 4 is 17.5 Å². The van der Waals surface area contributed by atoms with Gasteiger partial charge in [-0.15, -0.1) is 0 Å². The molecule has 1 heterocycles. The largest absolute Gasteiger partial charge is 0.382 e. The van der Waals surface area contributed by atoms with Gasteiger partial charge in [0.1, 0.15) is 5.54 Å². The Kier molecular flexibility index (Phi) is 5.99. The van der Waals surface area contributed by atoms with Crippen LogP contribution in [0.2, 0.25) is 0 Å². The lowest BCUT2D eigenvalue weighted by molar-refractivity contribution is -0.127. The van der Waals surface area contributed by atoms with E-state index in [1.54, 1.807) is 4.90 Å². The molecule has 0 saturated carbocycles. The standard InChI is InChI=1S/C19H28N2O3/c1-5-24-12-6-11-20-18(23)19(4)10-9-17(22)21(19)16-8-7-14(2)13-15(16)3/h7-8,13H,5-6,9-12H2,1-4H3,(H,20,23)/t19-/m1/s1. The fourth-order valence-electron chi connectivity index (χ4n) is 3.23. The van der Waals surface area contributed by atoms with E-state index < -0.39 is 5.54 Å². The second kappa shape index (κ2) is 7.79. The molecule has 0 radical (unpaired) electrons. The van der Waals surface area contributed by atoms with Crippen LogP contribution in [0.5, 0.6) is 0 Å². The van der Waals surface area contributed by atoms with Gasteiger partial charge in [0.05, 0.1) is 0 Å². The molecule has 0 unspecified atom stereocenters. The van der Waals surface area contributed by atoms with Crippen LogP contribution in [0, 0.1) is 13.8 Å². The molecule has 1 aliphatic heterocycles. The summed E-state index contributed by atoms with van der Waals surface area (Å²) >= 11 is 0. The Morgan fingerprint density at radius 1 is 1.38 bits per heavy atom. The second-order valence-corrected chi connectivity index (χ2v) is 6.60. The number of hydrogen-bond donors (Lipinski definition) is 1. The van der Waals surface area contributed by atoms with Crippen molar-refractivity contribution in [2.24, 2.45) is 0 Å². The topological polar surface area (TPSA) is 58.6 Å². The third-order valence-corrected chi connectivity index (χ3v) is 4.61. The summed E-state index contributed by atoms with van der Waals surface area (Å²) in [6.45, 7) is 9.68. The Hall–Kier alpha value is -1.88. The number of carbonyl (C=O) groups excluding carboxylic acids is 2. The normalized spacial score (nSPS) is 20.5. The van der Waals surface area contributed by atoms with Crippen molar-refractivity contribution in [1.82, 2.24) is 5.32 Å². The van der Waals surface area contributed by atoms with Crippen molar-refractivity contribution in [3.63, 3.8) is 0 Å². The minimum absolute atomic E-state index is 0.00826. The van der Waals surface area contributed by atoms with Gasteiger partial charge in [-0.1, -0.05) is 17.7 Å². The average molecular weight is 332 g/mol. The van der Waals surface area contributed by atoms with Crippen LogP contribution >= 0.6 is 0 Å². The Labute approximate surface area is 144 Å². The van der Waals surface area contributed by atoms with Crippen molar-refractivity contribution in [2.45, 2.75) is 52.5 Å². The summed E-state index contributed by atoms with van der Waals surface area (Å²) in [5.74, 6) is -0.0845. The number of anilines is 1. The second-order valence-electron chi connectivity index (χ2n) is 6.60. The lowest BCUT2D eigenvalue weighted by atomic mass is 9.96. The van der Waals surface area contributed by atoms with E-state index in [1.165, 1.54) is 0 Å². The van der Waals surface area contributed by atoms with Crippen LogP contribution in [0.4, 0.5) is 5.69 Å². The highest BCUT2D eigenvalue weighted by Crippen LogP contribution is 2.37. The highest BCUT2D eigenvalue weighted by molar-refractivity contribution is 6.06. The summed E-state index contributed by atoms with van der Waals surface area (Å²) in [6, 6.07) is 5.96. The van der Waals surface area contributed by atoms with Crippen LogP contribution in [0.1, 0.15) is 44.2 Å². The van der Waals surface area contributed by atoms with Crippen LogP contribution in [0.3, 0.4) is 0 Å². The van der Waals surface area contributed by atoms with Crippen LogP contribution in [-0.2, 0) is 14.3 Å². The van der Waals surface area contributed by atoms with E-state index in [2.05, 4.69) is 5.32 Å². The molecule has 1 saturated heterocycles. The minimum Gasteiger partial charge on any atom is -0.382 e. The Balaban J connectivity index is 2.14. The van der Waals surface area contributed by atoms with Crippen LogP contribution < -0.4 is 10.2 Å². The van der Waals surface area contributed by atoms with E-state index in [9.17, 15) is 9.59 Å². The smallest absolute Gasteiger partial charge is 0.246 e. The molecule has 1 aromatic carbocycles. The molecular formula is C19H28N2O3. The molecule has 5 nitrogen and oxygen atoms in total. The maximum absolute atomic E-state index is 12.8. The molecular weight excluding hydrogens is 304 g/mol. The SMILES string of the molecule is CCOCCCNC(=O)[C@@]1(C)CCC(=O)N1c1ccc(C)cc1C. The zero-order chi connectivity index (χ0) is 17.7. The predicted octanol–water partition coefficient (Wildman–Crippen LogP) is 2.73. The fraction of sp³-hybridized carbons (Fsp3) is 0.579. The molecule has 2 amide bonds.